The largest absolute Gasteiger partial charge is 0.378 e. The average Bonchev–Trinajstić information content (AvgIpc) is 2.33. The third-order valence-electron chi connectivity index (χ3n) is 2.88. The molecular formula is C10H17N3O3. The molecule has 0 bridgehead atoms. The van der Waals surface area contributed by atoms with Crippen molar-refractivity contribution in [1.82, 2.24) is 15.5 Å². The van der Waals surface area contributed by atoms with Gasteiger partial charge in [0.25, 0.3) is 0 Å². The Labute approximate surface area is 94.3 Å². The number of rotatable bonds is 1. The van der Waals surface area contributed by atoms with Crippen LogP contribution in [0.25, 0.3) is 0 Å². The number of amides is 3. The molecule has 2 fully saturated rings. The van der Waals surface area contributed by atoms with Gasteiger partial charge in [-0.3, -0.25) is 4.79 Å². The molecule has 1 unspecified atom stereocenters. The van der Waals surface area contributed by atoms with E-state index in [4.69, 9.17) is 4.74 Å². The van der Waals surface area contributed by atoms with Gasteiger partial charge < -0.3 is 20.3 Å². The Morgan fingerprint density at radius 3 is 2.88 bits per heavy atom. The quantitative estimate of drug-likeness (QED) is 0.622. The molecule has 0 radical (unpaired) electrons. The molecule has 2 aliphatic heterocycles. The van der Waals surface area contributed by atoms with Crippen LogP contribution < -0.4 is 10.6 Å². The summed E-state index contributed by atoms with van der Waals surface area (Å²) in [5.41, 5.74) is 0. The molecule has 2 heterocycles. The molecule has 1 atom stereocenters. The summed E-state index contributed by atoms with van der Waals surface area (Å²) in [7, 11) is 0. The van der Waals surface area contributed by atoms with E-state index in [-0.39, 0.29) is 18.0 Å². The first-order valence-corrected chi connectivity index (χ1v) is 5.68. The summed E-state index contributed by atoms with van der Waals surface area (Å²) in [4.78, 5) is 24.9. The highest BCUT2D eigenvalue weighted by Crippen LogP contribution is 2.04. The lowest BCUT2D eigenvalue weighted by Gasteiger charge is -2.30. The molecule has 0 saturated carbocycles. The maximum Gasteiger partial charge on any atom is 0.318 e. The van der Waals surface area contributed by atoms with Crippen molar-refractivity contribution >= 4 is 11.9 Å². The fourth-order valence-electron chi connectivity index (χ4n) is 1.92. The van der Waals surface area contributed by atoms with Gasteiger partial charge in [0.2, 0.25) is 5.91 Å². The molecule has 2 aliphatic rings. The highest BCUT2D eigenvalue weighted by molar-refractivity contribution is 5.87. The molecule has 0 aromatic heterocycles. The van der Waals surface area contributed by atoms with Gasteiger partial charge in [0.05, 0.1) is 13.2 Å². The van der Waals surface area contributed by atoms with Gasteiger partial charge in [0.1, 0.15) is 6.04 Å². The Balaban J connectivity index is 1.83. The zero-order valence-electron chi connectivity index (χ0n) is 9.20. The molecule has 0 aromatic carbocycles. The van der Waals surface area contributed by atoms with E-state index in [1.54, 1.807) is 4.90 Å². The van der Waals surface area contributed by atoms with Gasteiger partial charge in [-0.2, -0.15) is 0 Å². The number of nitrogens with one attached hydrogen (secondary N) is 2. The first-order chi connectivity index (χ1) is 7.77. The van der Waals surface area contributed by atoms with Crippen LogP contribution in [0.4, 0.5) is 4.79 Å². The van der Waals surface area contributed by atoms with E-state index >= 15 is 0 Å². The first kappa shape index (κ1) is 11.2. The second-order valence-corrected chi connectivity index (χ2v) is 4.03. The minimum atomic E-state index is -0.371. The van der Waals surface area contributed by atoms with Crippen LogP contribution in [0, 0.1) is 0 Å². The summed E-state index contributed by atoms with van der Waals surface area (Å²) in [5, 5.41) is 5.50. The molecule has 2 saturated heterocycles. The van der Waals surface area contributed by atoms with Crippen LogP contribution in [0.2, 0.25) is 0 Å². The molecule has 16 heavy (non-hydrogen) atoms. The smallest absolute Gasteiger partial charge is 0.318 e. The van der Waals surface area contributed by atoms with E-state index in [1.165, 1.54) is 0 Å². The molecule has 90 valence electrons. The average molecular weight is 227 g/mol. The van der Waals surface area contributed by atoms with E-state index in [9.17, 15) is 9.59 Å². The van der Waals surface area contributed by atoms with E-state index in [0.717, 1.165) is 12.8 Å². The monoisotopic (exact) mass is 227 g/mol. The Bertz CT molecular complexity index is 276. The van der Waals surface area contributed by atoms with Crippen LogP contribution in [-0.2, 0) is 9.53 Å². The van der Waals surface area contributed by atoms with Crippen molar-refractivity contribution in [2.24, 2.45) is 0 Å². The maximum atomic E-state index is 11.8. The van der Waals surface area contributed by atoms with E-state index in [1.807, 2.05) is 0 Å². The number of ether oxygens (including phenoxy) is 1. The maximum absolute atomic E-state index is 11.8. The van der Waals surface area contributed by atoms with Gasteiger partial charge in [-0.15, -0.1) is 0 Å². The number of urea groups is 1. The molecular weight excluding hydrogens is 210 g/mol. The van der Waals surface area contributed by atoms with Crippen molar-refractivity contribution < 1.29 is 14.3 Å². The molecule has 2 rings (SSSR count). The summed E-state index contributed by atoms with van der Waals surface area (Å²) in [6.45, 7) is 3.05. The normalized spacial score (nSPS) is 26.1. The van der Waals surface area contributed by atoms with Crippen LogP contribution in [0.3, 0.4) is 0 Å². The van der Waals surface area contributed by atoms with E-state index < -0.39 is 0 Å². The third-order valence-corrected chi connectivity index (χ3v) is 2.88. The number of morpholine rings is 1. The lowest BCUT2D eigenvalue weighted by atomic mass is 10.1. The van der Waals surface area contributed by atoms with Crippen molar-refractivity contribution in [2.45, 2.75) is 18.9 Å². The number of carbonyl (C=O) groups is 2. The highest BCUT2D eigenvalue weighted by atomic mass is 16.5. The van der Waals surface area contributed by atoms with Gasteiger partial charge in [0.15, 0.2) is 0 Å². The zero-order chi connectivity index (χ0) is 11.4. The van der Waals surface area contributed by atoms with Crippen molar-refractivity contribution in [3.63, 3.8) is 0 Å². The Morgan fingerprint density at radius 2 is 2.19 bits per heavy atom. The molecule has 6 heteroatoms. The summed E-state index contributed by atoms with van der Waals surface area (Å²) in [6, 6.07) is -0.533. The molecule has 0 spiro atoms. The number of hydrogen-bond acceptors (Lipinski definition) is 3. The van der Waals surface area contributed by atoms with Crippen molar-refractivity contribution in [3.8, 4) is 0 Å². The zero-order valence-corrected chi connectivity index (χ0v) is 9.20. The second-order valence-electron chi connectivity index (χ2n) is 4.03. The van der Waals surface area contributed by atoms with Crippen molar-refractivity contribution in [2.75, 3.05) is 32.8 Å². The van der Waals surface area contributed by atoms with Gasteiger partial charge in [-0.05, 0) is 12.8 Å². The SMILES string of the molecule is O=C1NCCCC1NC(=O)N1CCOCC1. The third kappa shape index (κ3) is 2.63. The van der Waals surface area contributed by atoms with Gasteiger partial charge in [-0.1, -0.05) is 0 Å². The van der Waals surface area contributed by atoms with E-state index in [0.29, 0.717) is 32.8 Å². The predicted octanol–water partition coefficient (Wildman–Crippen LogP) is -0.693. The van der Waals surface area contributed by atoms with Gasteiger partial charge in [0, 0.05) is 19.6 Å². The van der Waals surface area contributed by atoms with Gasteiger partial charge >= 0.3 is 6.03 Å². The molecule has 6 nitrogen and oxygen atoms in total. The standard InChI is InChI=1S/C10H17N3O3/c14-9-8(2-1-3-11-9)12-10(15)13-4-6-16-7-5-13/h8H,1-7H2,(H,11,14)(H,12,15). The fourth-order valence-corrected chi connectivity index (χ4v) is 1.92. The summed E-state index contributed by atoms with van der Waals surface area (Å²) >= 11 is 0. The number of piperidine rings is 1. The lowest BCUT2D eigenvalue weighted by molar-refractivity contribution is -0.124. The van der Waals surface area contributed by atoms with Gasteiger partial charge in [-0.25, -0.2) is 4.79 Å². The fraction of sp³-hybridized carbons (Fsp3) is 0.800. The molecule has 3 amide bonds. The van der Waals surface area contributed by atoms with Crippen LogP contribution in [0.15, 0.2) is 0 Å². The number of nitrogens with zero attached hydrogens (tertiary/aromatic N) is 1. The number of carbonyl (C=O) groups excluding carboxylic acids is 2. The van der Waals surface area contributed by atoms with Crippen LogP contribution in [0.5, 0.6) is 0 Å². The molecule has 2 N–H and O–H groups in total. The summed E-state index contributed by atoms with van der Waals surface area (Å²) < 4.78 is 5.16. The molecule has 0 aliphatic carbocycles. The summed E-state index contributed by atoms with van der Waals surface area (Å²) in [5.74, 6) is -0.0761. The summed E-state index contributed by atoms with van der Waals surface area (Å²) in [6.07, 6.45) is 1.64. The van der Waals surface area contributed by atoms with Crippen molar-refractivity contribution in [1.29, 1.82) is 0 Å². The van der Waals surface area contributed by atoms with Crippen LogP contribution in [0.1, 0.15) is 12.8 Å². The van der Waals surface area contributed by atoms with Crippen molar-refractivity contribution in [3.05, 3.63) is 0 Å². The Kier molecular flexibility index (Phi) is 3.61. The van der Waals surface area contributed by atoms with Crippen LogP contribution >= 0.6 is 0 Å². The Hall–Kier alpha value is -1.30. The minimum absolute atomic E-state index is 0.0761. The Morgan fingerprint density at radius 1 is 1.44 bits per heavy atom. The van der Waals surface area contributed by atoms with Crippen LogP contribution in [-0.4, -0.2) is 55.7 Å². The second kappa shape index (κ2) is 5.16. The minimum Gasteiger partial charge on any atom is -0.378 e. The van der Waals surface area contributed by atoms with E-state index in [2.05, 4.69) is 10.6 Å². The topological polar surface area (TPSA) is 70.7 Å². The molecule has 0 aromatic rings. The first-order valence-electron chi connectivity index (χ1n) is 5.68. The number of hydrogen-bond donors (Lipinski definition) is 2. The highest BCUT2D eigenvalue weighted by Gasteiger charge is 2.26. The lowest BCUT2D eigenvalue weighted by Crippen LogP contribution is -2.55. The predicted molar refractivity (Wildman–Crippen MR) is 57.0 cm³/mol.